The van der Waals surface area contributed by atoms with E-state index in [9.17, 15) is 14.0 Å². The van der Waals surface area contributed by atoms with Gasteiger partial charge in [-0.05, 0) is 36.5 Å². The number of aliphatic carboxylic acids is 1. The van der Waals surface area contributed by atoms with Crippen LogP contribution in [0.15, 0.2) is 24.3 Å². The molecule has 2 atom stereocenters. The molecule has 1 aromatic carbocycles. The lowest BCUT2D eigenvalue weighted by Gasteiger charge is -2.31. The molecule has 1 aromatic rings. The molecule has 1 unspecified atom stereocenters. The van der Waals surface area contributed by atoms with Gasteiger partial charge in [0.05, 0.1) is 5.92 Å². The molecule has 2 rings (SSSR count). The number of carboxylic acids is 1. The second-order valence-electron chi connectivity index (χ2n) is 5.67. The van der Waals surface area contributed by atoms with Crippen molar-refractivity contribution in [3.05, 3.63) is 35.6 Å². The van der Waals surface area contributed by atoms with Crippen LogP contribution in [0.1, 0.15) is 37.7 Å². The van der Waals surface area contributed by atoms with E-state index in [1.165, 1.54) is 12.1 Å². The van der Waals surface area contributed by atoms with E-state index in [2.05, 4.69) is 0 Å². The summed E-state index contributed by atoms with van der Waals surface area (Å²) in [5.74, 6) is -1.62. The number of benzene rings is 1. The standard InChI is InChI=1S/C16H20FNO3/c1-11(12-4-6-14(17)7-5-12)9-15(19)18-8-2-3-13(10-18)16(20)21/h4-7,11,13H,2-3,8-10H2,1H3,(H,20,21)/t11?,13-/m0/s1. The summed E-state index contributed by atoms with van der Waals surface area (Å²) < 4.78 is 12.9. The SMILES string of the molecule is CC(CC(=O)N1CCC[C@H](C(=O)O)C1)c1ccc(F)cc1. The Kier molecular flexibility index (Phi) is 4.94. The zero-order valence-corrected chi connectivity index (χ0v) is 12.1. The monoisotopic (exact) mass is 293 g/mol. The summed E-state index contributed by atoms with van der Waals surface area (Å²) in [5.41, 5.74) is 0.913. The average Bonchev–Trinajstić information content (AvgIpc) is 2.48. The lowest BCUT2D eigenvalue weighted by atomic mass is 9.94. The summed E-state index contributed by atoms with van der Waals surface area (Å²) >= 11 is 0. The van der Waals surface area contributed by atoms with E-state index >= 15 is 0 Å². The Balaban J connectivity index is 1.94. The number of nitrogens with zero attached hydrogens (tertiary/aromatic N) is 1. The normalized spacial score (nSPS) is 20.1. The molecule has 0 radical (unpaired) electrons. The van der Waals surface area contributed by atoms with Gasteiger partial charge < -0.3 is 10.0 Å². The van der Waals surface area contributed by atoms with E-state index in [1.807, 2.05) is 6.92 Å². The van der Waals surface area contributed by atoms with Gasteiger partial charge >= 0.3 is 5.97 Å². The lowest BCUT2D eigenvalue weighted by Crippen LogP contribution is -2.42. The molecule has 0 aliphatic carbocycles. The predicted molar refractivity (Wildman–Crippen MR) is 76.4 cm³/mol. The zero-order valence-electron chi connectivity index (χ0n) is 12.1. The third-order valence-electron chi connectivity index (χ3n) is 4.04. The maximum absolute atomic E-state index is 12.9. The van der Waals surface area contributed by atoms with Gasteiger partial charge in [-0.25, -0.2) is 4.39 Å². The number of carboxylic acid groups (broad SMARTS) is 1. The highest BCUT2D eigenvalue weighted by molar-refractivity contribution is 5.78. The molecule has 1 fully saturated rings. The van der Waals surface area contributed by atoms with Gasteiger partial charge in [-0.2, -0.15) is 0 Å². The van der Waals surface area contributed by atoms with E-state index < -0.39 is 11.9 Å². The number of likely N-dealkylation sites (tertiary alicyclic amines) is 1. The predicted octanol–water partition coefficient (Wildman–Crippen LogP) is 2.64. The van der Waals surface area contributed by atoms with Gasteiger partial charge in [0.25, 0.3) is 0 Å². The highest BCUT2D eigenvalue weighted by Gasteiger charge is 2.28. The fourth-order valence-corrected chi connectivity index (χ4v) is 2.71. The molecular weight excluding hydrogens is 273 g/mol. The molecule has 0 bridgehead atoms. The smallest absolute Gasteiger partial charge is 0.308 e. The molecule has 5 heteroatoms. The van der Waals surface area contributed by atoms with Gasteiger partial charge in [-0.1, -0.05) is 19.1 Å². The van der Waals surface area contributed by atoms with Crippen molar-refractivity contribution in [3.8, 4) is 0 Å². The average molecular weight is 293 g/mol. The van der Waals surface area contributed by atoms with Crippen molar-refractivity contribution in [1.29, 1.82) is 0 Å². The van der Waals surface area contributed by atoms with Gasteiger partial charge in [0.15, 0.2) is 0 Å². The van der Waals surface area contributed by atoms with E-state index in [1.54, 1.807) is 17.0 Å². The van der Waals surface area contributed by atoms with E-state index in [0.717, 1.165) is 12.0 Å². The second kappa shape index (κ2) is 6.70. The van der Waals surface area contributed by atoms with Gasteiger partial charge in [-0.15, -0.1) is 0 Å². The van der Waals surface area contributed by atoms with Crippen LogP contribution >= 0.6 is 0 Å². The molecule has 1 N–H and O–H groups in total. The molecule has 1 aliphatic rings. The Morgan fingerprint density at radius 3 is 2.67 bits per heavy atom. The number of rotatable bonds is 4. The fourth-order valence-electron chi connectivity index (χ4n) is 2.71. The van der Waals surface area contributed by atoms with Crippen molar-refractivity contribution >= 4 is 11.9 Å². The van der Waals surface area contributed by atoms with Gasteiger partial charge in [0.2, 0.25) is 5.91 Å². The highest BCUT2D eigenvalue weighted by Crippen LogP contribution is 2.23. The summed E-state index contributed by atoms with van der Waals surface area (Å²) in [7, 11) is 0. The molecule has 1 heterocycles. The fraction of sp³-hybridized carbons (Fsp3) is 0.500. The first-order valence-electron chi connectivity index (χ1n) is 7.23. The Hall–Kier alpha value is -1.91. The first-order chi connectivity index (χ1) is 9.97. The lowest BCUT2D eigenvalue weighted by molar-refractivity contribution is -0.145. The first kappa shape index (κ1) is 15.5. The van der Waals surface area contributed by atoms with Crippen LogP contribution in [0.4, 0.5) is 4.39 Å². The number of piperidine rings is 1. The molecule has 1 saturated heterocycles. The number of amides is 1. The van der Waals surface area contributed by atoms with Gasteiger partial charge in [0.1, 0.15) is 5.82 Å². The summed E-state index contributed by atoms with van der Waals surface area (Å²) in [5, 5.41) is 9.05. The van der Waals surface area contributed by atoms with Crippen LogP contribution < -0.4 is 0 Å². The van der Waals surface area contributed by atoms with Crippen LogP contribution in [0.3, 0.4) is 0 Å². The summed E-state index contributed by atoms with van der Waals surface area (Å²) in [6, 6.07) is 6.14. The van der Waals surface area contributed by atoms with Crippen LogP contribution in [0, 0.1) is 11.7 Å². The summed E-state index contributed by atoms with van der Waals surface area (Å²) in [6.07, 6.45) is 1.68. The molecule has 21 heavy (non-hydrogen) atoms. The third-order valence-corrected chi connectivity index (χ3v) is 4.04. The Bertz CT molecular complexity index is 515. The maximum Gasteiger partial charge on any atom is 0.308 e. The minimum absolute atomic E-state index is 0.0108. The highest BCUT2D eigenvalue weighted by atomic mass is 19.1. The largest absolute Gasteiger partial charge is 0.481 e. The first-order valence-corrected chi connectivity index (χ1v) is 7.23. The number of carbonyl (C=O) groups is 2. The number of halogens is 1. The van der Waals surface area contributed by atoms with E-state index in [-0.39, 0.29) is 17.6 Å². The Morgan fingerprint density at radius 2 is 2.05 bits per heavy atom. The molecule has 114 valence electrons. The minimum atomic E-state index is -0.834. The van der Waals surface area contributed by atoms with Gasteiger partial charge in [0, 0.05) is 19.5 Å². The summed E-state index contributed by atoms with van der Waals surface area (Å²) in [4.78, 5) is 24.9. The molecule has 4 nitrogen and oxygen atoms in total. The Labute approximate surface area is 123 Å². The van der Waals surface area contributed by atoms with Crippen molar-refractivity contribution < 1.29 is 19.1 Å². The topological polar surface area (TPSA) is 57.6 Å². The molecule has 0 spiro atoms. The number of hydrogen-bond donors (Lipinski definition) is 1. The minimum Gasteiger partial charge on any atom is -0.481 e. The van der Waals surface area contributed by atoms with Crippen molar-refractivity contribution in [2.45, 2.75) is 32.1 Å². The second-order valence-corrected chi connectivity index (χ2v) is 5.67. The van der Waals surface area contributed by atoms with Gasteiger partial charge in [-0.3, -0.25) is 9.59 Å². The van der Waals surface area contributed by atoms with Crippen LogP contribution in [-0.4, -0.2) is 35.0 Å². The van der Waals surface area contributed by atoms with Crippen molar-refractivity contribution in [1.82, 2.24) is 4.90 Å². The van der Waals surface area contributed by atoms with Crippen molar-refractivity contribution in [3.63, 3.8) is 0 Å². The quantitative estimate of drug-likeness (QED) is 0.928. The zero-order chi connectivity index (χ0) is 15.4. The molecule has 1 amide bonds. The number of carbonyl (C=O) groups excluding carboxylic acids is 1. The third kappa shape index (κ3) is 4.03. The molecule has 0 saturated carbocycles. The van der Waals surface area contributed by atoms with Crippen LogP contribution in [-0.2, 0) is 9.59 Å². The molecule has 0 aromatic heterocycles. The summed E-state index contributed by atoms with van der Waals surface area (Å²) in [6.45, 7) is 2.84. The van der Waals surface area contributed by atoms with Crippen molar-refractivity contribution in [2.24, 2.45) is 5.92 Å². The molecular formula is C16H20FNO3. The van der Waals surface area contributed by atoms with Crippen LogP contribution in [0.2, 0.25) is 0 Å². The van der Waals surface area contributed by atoms with E-state index in [0.29, 0.717) is 25.9 Å². The van der Waals surface area contributed by atoms with E-state index in [4.69, 9.17) is 5.11 Å². The van der Waals surface area contributed by atoms with Crippen LogP contribution in [0.25, 0.3) is 0 Å². The maximum atomic E-state index is 12.9. The van der Waals surface area contributed by atoms with Crippen molar-refractivity contribution in [2.75, 3.05) is 13.1 Å². The molecule has 1 aliphatic heterocycles. The van der Waals surface area contributed by atoms with Crippen LogP contribution in [0.5, 0.6) is 0 Å². The number of hydrogen-bond acceptors (Lipinski definition) is 2. The Morgan fingerprint density at radius 1 is 1.38 bits per heavy atom.